The number of fused-ring (bicyclic) bond motifs is 4. The zero-order valence-corrected chi connectivity index (χ0v) is 17.9. The molecule has 2 saturated carbocycles. The number of nitrogens with zero attached hydrogens (tertiary/aromatic N) is 1. The van der Waals surface area contributed by atoms with E-state index in [1.54, 1.807) is 5.57 Å². The minimum Gasteiger partial charge on any atom is -0.393 e. The highest BCUT2D eigenvalue weighted by Crippen LogP contribution is 2.63. The number of carbonyl (C=O) groups excluding carboxylic acids is 1. The monoisotopic (exact) mass is 391 g/mol. The van der Waals surface area contributed by atoms with Crippen LogP contribution >= 0.6 is 0 Å². The third-order valence-corrected chi connectivity index (χ3v) is 8.49. The molecule has 2 fully saturated rings. The molecule has 3 heteroatoms. The van der Waals surface area contributed by atoms with Crippen LogP contribution in [0.1, 0.15) is 63.4 Å². The van der Waals surface area contributed by atoms with Crippen LogP contribution in [-0.2, 0) is 4.79 Å². The number of ketones is 1. The van der Waals surface area contributed by atoms with Crippen molar-refractivity contribution in [3.63, 3.8) is 0 Å². The summed E-state index contributed by atoms with van der Waals surface area (Å²) in [6, 6.07) is 9.03. The van der Waals surface area contributed by atoms with Crippen molar-refractivity contribution in [1.82, 2.24) is 0 Å². The summed E-state index contributed by atoms with van der Waals surface area (Å²) in [5.74, 6) is 1.80. The van der Waals surface area contributed by atoms with Crippen molar-refractivity contribution in [2.75, 3.05) is 19.0 Å². The van der Waals surface area contributed by atoms with E-state index in [0.717, 1.165) is 38.5 Å². The Hall–Kier alpha value is -1.87. The van der Waals surface area contributed by atoms with E-state index in [1.165, 1.54) is 22.4 Å². The molecular weight excluding hydrogens is 358 g/mol. The van der Waals surface area contributed by atoms with Crippen LogP contribution in [-0.4, -0.2) is 31.1 Å². The van der Waals surface area contributed by atoms with Crippen molar-refractivity contribution in [2.45, 2.75) is 63.9 Å². The van der Waals surface area contributed by atoms with Crippen LogP contribution in [0, 0.1) is 17.3 Å². The average molecular weight is 392 g/mol. The molecule has 1 unspecified atom stereocenters. The smallest absolute Gasteiger partial charge is 0.156 e. The summed E-state index contributed by atoms with van der Waals surface area (Å²) in [5.41, 5.74) is 7.02. The molecule has 29 heavy (non-hydrogen) atoms. The van der Waals surface area contributed by atoms with Gasteiger partial charge in [-0.05, 0) is 90.7 Å². The van der Waals surface area contributed by atoms with Crippen molar-refractivity contribution < 1.29 is 9.90 Å². The van der Waals surface area contributed by atoms with Crippen LogP contribution in [0.4, 0.5) is 5.69 Å². The number of allylic oxidation sites excluding steroid dienone is 4. The number of hydrogen-bond donors (Lipinski definition) is 1. The van der Waals surface area contributed by atoms with Gasteiger partial charge in [0.05, 0.1) is 6.10 Å². The maximum absolute atomic E-state index is 12.1. The predicted octanol–water partition coefficient (Wildman–Crippen LogP) is 5.01. The second-order valence-electron chi connectivity index (χ2n) is 10.2. The molecule has 1 aromatic rings. The molecule has 0 aromatic heterocycles. The lowest BCUT2D eigenvalue weighted by molar-refractivity contribution is -0.114. The molecule has 4 aliphatic rings. The first-order chi connectivity index (χ1) is 13.9. The number of anilines is 1. The lowest BCUT2D eigenvalue weighted by Gasteiger charge is -2.52. The Morgan fingerprint density at radius 3 is 2.52 bits per heavy atom. The van der Waals surface area contributed by atoms with Crippen LogP contribution in [0.15, 0.2) is 47.1 Å². The summed E-state index contributed by atoms with van der Waals surface area (Å²) in [7, 11) is 4.15. The molecule has 0 amide bonds. The third kappa shape index (κ3) is 2.92. The van der Waals surface area contributed by atoms with E-state index in [0.29, 0.717) is 30.0 Å². The van der Waals surface area contributed by atoms with E-state index in [1.807, 2.05) is 6.08 Å². The quantitative estimate of drug-likeness (QED) is 0.770. The first kappa shape index (κ1) is 19.1. The van der Waals surface area contributed by atoms with Crippen molar-refractivity contribution in [1.29, 1.82) is 0 Å². The number of rotatable bonds is 2. The molecule has 3 nitrogen and oxygen atoms in total. The van der Waals surface area contributed by atoms with E-state index in [4.69, 9.17) is 0 Å². The van der Waals surface area contributed by atoms with E-state index in [2.05, 4.69) is 50.2 Å². The van der Waals surface area contributed by atoms with E-state index >= 15 is 0 Å². The van der Waals surface area contributed by atoms with Gasteiger partial charge >= 0.3 is 0 Å². The van der Waals surface area contributed by atoms with E-state index in [-0.39, 0.29) is 11.5 Å². The van der Waals surface area contributed by atoms with Gasteiger partial charge in [-0.3, -0.25) is 4.79 Å². The molecule has 5 rings (SSSR count). The second-order valence-corrected chi connectivity index (χ2v) is 10.2. The van der Waals surface area contributed by atoms with Crippen molar-refractivity contribution in [2.24, 2.45) is 17.3 Å². The number of benzene rings is 1. The van der Waals surface area contributed by atoms with Gasteiger partial charge in [-0.1, -0.05) is 24.6 Å². The molecule has 5 atom stereocenters. The molecule has 0 spiro atoms. The minimum atomic E-state index is -0.188. The van der Waals surface area contributed by atoms with Crippen molar-refractivity contribution in [3.05, 3.63) is 52.6 Å². The molecule has 0 saturated heterocycles. The fraction of sp³-hybridized carbons (Fsp3) is 0.577. The Kier molecular flexibility index (Phi) is 4.51. The summed E-state index contributed by atoms with van der Waals surface area (Å²) in [5, 5.41) is 10.9. The first-order valence-corrected chi connectivity index (χ1v) is 11.3. The first-order valence-electron chi connectivity index (χ1n) is 11.3. The Labute approximate surface area is 174 Å². The molecule has 0 heterocycles. The number of hydrogen-bond acceptors (Lipinski definition) is 3. The molecule has 154 valence electrons. The Bertz CT molecular complexity index is 894. The Morgan fingerprint density at radius 2 is 1.79 bits per heavy atom. The fourth-order valence-electron chi connectivity index (χ4n) is 6.94. The standard InChI is InChI=1S/C26H33NO2/c1-26-15-22(16-4-7-18(8-5-16)27(2)3)25-20-11-9-19(28)14-17(20)6-10-21(25)23(26)12-13-24(26)29/h4-5,7-8,14,21-24,29H,6,9-13,15H2,1-3H3/t21-,22?,23-,24-,26-/m0/s1. The Morgan fingerprint density at radius 1 is 1.03 bits per heavy atom. The van der Waals surface area contributed by atoms with Gasteiger partial charge in [0, 0.05) is 32.1 Å². The summed E-state index contributed by atoms with van der Waals surface area (Å²) < 4.78 is 0. The van der Waals surface area contributed by atoms with Crippen LogP contribution < -0.4 is 4.90 Å². The minimum absolute atomic E-state index is 0.00527. The van der Waals surface area contributed by atoms with Crippen LogP contribution in [0.25, 0.3) is 0 Å². The van der Waals surface area contributed by atoms with Crippen molar-refractivity contribution in [3.8, 4) is 0 Å². The highest BCUT2D eigenvalue weighted by molar-refractivity contribution is 5.93. The van der Waals surface area contributed by atoms with Crippen LogP contribution in [0.5, 0.6) is 0 Å². The molecular formula is C26H33NO2. The highest BCUT2D eigenvalue weighted by atomic mass is 16.3. The van der Waals surface area contributed by atoms with E-state index < -0.39 is 0 Å². The van der Waals surface area contributed by atoms with Crippen LogP contribution in [0.3, 0.4) is 0 Å². The number of carbonyl (C=O) groups is 1. The van der Waals surface area contributed by atoms with Gasteiger partial charge in [-0.2, -0.15) is 0 Å². The molecule has 1 N–H and O–H groups in total. The van der Waals surface area contributed by atoms with Gasteiger partial charge in [0.2, 0.25) is 0 Å². The Balaban J connectivity index is 1.64. The van der Waals surface area contributed by atoms with Gasteiger partial charge in [-0.15, -0.1) is 0 Å². The van der Waals surface area contributed by atoms with Gasteiger partial charge < -0.3 is 10.0 Å². The summed E-state index contributed by atoms with van der Waals surface area (Å²) in [6.45, 7) is 2.34. The highest BCUT2D eigenvalue weighted by Gasteiger charge is 2.56. The number of aliphatic hydroxyl groups is 1. The van der Waals surface area contributed by atoms with Gasteiger partial charge in [0.1, 0.15) is 0 Å². The zero-order valence-electron chi connectivity index (χ0n) is 17.9. The largest absolute Gasteiger partial charge is 0.393 e. The average Bonchev–Trinajstić information content (AvgIpc) is 3.01. The zero-order chi connectivity index (χ0) is 20.3. The molecule has 0 bridgehead atoms. The summed E-state index contributed by atoms with van der Waals surface area (Å²) in [6.07, 6.45) is 8.59. The van der Waals surface area contributed by atoms with Crippen molar-refractivity contribution >= 4 is 11.5 Å². The maximum Gasteiger partial charge on any atom is 0.156 e. The topological polar surface area (TPSA) is 40.5 Å². The molecule has 0 aliphatic heterocycles. The fourth-order valence-corrected chi connectivity index (χ4v) is 6.94. The maximum atomic E-state index is 12.1. The number of aliphatic hydroxyl groups excluding tert-OH is 1. The van der Waals surface area contributed by atoms with Gasteiger partial charge in [-0.25, -0.2) is 0 Å². The normalized spacial score (nSPS) is 36.3. The second kappa shape index (κ2) is 6.84. The summed E-state index contributed by atoms with van der Waals surface area (Å²) >= 11 is 0. The van der Waals surface area contributed by atoms with Gasteiger partial charge in [0.15, 0.2) is 5.78 Å². The molecule has 4 aliphatic carbocycles. The predicted molar refractivity (Wildman–Crippen MR) is 117 cm³/mol. The molecule has 0 radical (unpaired) electrons. The van der Waals surface area contributed by atoms with Crippen LogP contribution in [0.2, 0.25) is 0 Å². The lowest BCUT2D eigenvalue weighted by atomic mass is 9.53. The third-order valence-electron chi connectivity index (χ3n) is 8.49. The van der Waals surface area contributed by atoms with E-state index in [9.17, 15) is 9.90 Å². The van der Waals surface area contributed by atoms with Gasteiger partial charge in [0.25, 0.3) is 0 Å². The summed E-state index contributed by atoms with van der Waals surface area (Å²) in [4.78, 5) is 14.2. The molecule has 1 aromatic carbocycles. The SMILES string of the molecule is CN(C)c1ccc(C2C[C@]3(C)[C@@H](O)CC[C@H]3[C@@H]3CCC4=CC(=O)CCC4=C23)cc1. The lowest BCUT2D eigenvalue weighted by Crippen LogP contribution is -2.45.